The fourth-order valence-corrected chi connectivity index (χ4v) is 3.12. The molecule has 108 valence electrons. The number of nitrogens with zero attached hydrogens (tertiary/aromatic N) is 2. The average molecular weight is 302 g/mol. The molecule has 2 amide bonds. The van der Waals surface area contributed by atoms with Gasteiger partial charge in [0, 0.05) is 29.6 Å². The van der Waals surface area contributed by atoms with E-state index in [2.05, 4.69) is 4.98 Å². The molecule has 7 heteroatoms. The van der Waals surface area contributed by atoms with Crippen molar-refractivity contribution < 1.29 is 9.59 Å². The van der Waals surface area contributed by atoms with Crippen molar-refractivity contribution in [3.63, 3.8) is 0 Å². The number of hydrogen-bond donors (Lipinski definition) is 2. The van der Waals surface area contributed by atoms with Crippen molar-refractivity contribution in [2.24, 2.45) is 11.7 Å². The number of thiazole rings is 1. The Balaban J connectivity index is 1.84. The van der Waals surface area contributed by atoms with Gasteiger partial charge in [0.15, 0.2) is 5.13 Å². The van der Waals surface area contributed by atoms with Gasteiger partial charge in [0.1, 0.15) is 0 Å². The van der Waals surface area contributed by atoms with Crippen LogP contribution in [0.5, 0.6) is 0 Å². The molecule has 0 bridgehead atoms. The van der Waals surface area contributed by atoms with Crippen LogP contribution in [-0.2, 0) is 9.59 Å². The first-order valence-corrected chi connectivity index (χ1v) is 7.33. The lowest BCUT2D eigenvalue weighted by Crippen LogP contribution is -2.28. The number of carbonyl (C=O) groups is 2. The molecule has 1 saturated heterocycles. The number of nitrogen functional groups attached to an aromatic ring is 1. The number of benzene rings is 1. The minimum absolute atomic E-state index is 0.114. The molecule has 1 aliphatic rings. The fourth-order valence-electron chi connectivity index (χ4n) is 2.26. The molecule has 21 heavy (non-hydrogen) atoms. The normalized spacial score (nSPS) is 18.2. The molecular weight excluding hydrogens is 288 g/mol. The topological polar surface area (TPSA) is 102 Å². The van der Waals surface area contributed by atoms with Crippen LogP contribution < -0.4 is 16.4 Å². The molecule has 0 aliphatic carbocycles. The molecule has 3 rings (SSSR count). The minimum Gasteiger partial charge on any atom is -0.399 e. The third-order valence-corrected chi connectivity index (χ3v) is 4.32. The number of aromatic nitrogens is 1. The Hall–Kier alpha value is -2.41. The molecule has 1 aromatic heterocycles. The molecule has 0 radical (unpaired) electrons. The maximum atomic E-state index is 11.9. The fraction of sp³-hybridized carbons (Fsp3) is 0.214. The van der Waals surface area contributed by atoms with Crippen molar-refractivity contribution in [2.45, 2.75) is 6.42 Å². The van der Waals surface area contributed by atoms with Gasteiger partial charge < -0.3 is 11.5 Å². The molecule has 1 unspecified atom stereocenters. The lowest BCUT2D eigenvalue weighted by atomic mass is 10.1. The monoisotopic (exact) mass is 302 g/mol. The maximum Gasteiger partial charge on any atom is 0.229 e. The summed E-state index contributed by atoms with van der Waals surface area (Å²) in [5, 5.41) is 2.47. The highest BCUT2D eigenvalue weighted by Crippen LogP contribution is 2.31. The van der Waals surface area contributed by atoms with Crippen LogP contribution in [0.3, 0.4) is 0 Å². The molecular formula is C14H14N4O2S. The highest BCUT2D eigenvalue weighted by Gasteiger charge is 2.35. The summed E-state index contributed by atoms with van der Waals surface area (Å²) in [4.78, 5) is 29.1. The first kappa shape index (κ1) is 13.6. The molecule has 2 aromatic rings. The highest BCUT2D eigenvalue weighted by atomic mass is 32.1. The molecule has 6 nitrogen and oxygen atoms in total. The van der Waals surface area contributed by atoms with E-state index in [0.717, 1.165) is 11.3 Å². The Morgan fingerprint density at radius 1 is 1.33 bits per heavy atom. The van der Waals surface area contributed by atoms with Crippen molar-refractivity contribution >= 4 is 34.0 Å². The van der Waals surface area contributed by atoms with Crippen molar-refractivity contribution in [2.75, 3.05) is 17.2 Å². The van der Waals surface area contributed by atoms with Crippen LogP contribution in [0, 0.1) is 5.92 Å². The molecule has 1 atom stereocenters. The van der Waals surface area contributed by atoms with Gasteiger partial charge in [0.2, 0.25) is 11.8 Å². The summed E-state index contributed by atoms with van der Waals surface area (Å²) in [7, 11) is 0. The van der Waals surface area contributed by atoms with Gasteiger partial charge >= 0.3 is 0 Å². The lowest BCUT2D eigenvalue weighted by Gasteiger charge is -2.11. The van der Waals surface area contributed by atoms with E-state index < -0.39 is 11.8 Å². The van der Waals surface area contributed by atoms with Gasteiger partial charge in [-0.3, -0.25) is 14.5 Å². The first-order valence-electron chi connectivity index (χ1n) is 6.45. The van der Waals surface area contributed by atoms with Crippen LogP contribution in [0.2, 0.25) is 0 Å². The quantitative estimate of drug-likeness (QED) is 0.832. The zero-order valence-electron chi connectivity index (χ0n) is 11.2. The molecule has 1 aliphatic heterocycles. The summed E-state index contributed by atoms with van der Waals surface area (Å²) in [6.07, 6.45) is 0.159. The van der Waals surface area contributed by atoms with E-state index in [1.54, 1.807) is 12.1 Å². The molecule has 0 saturated carbocycles. The maximum absolute atomic E-state index is 11.9. The van der Waals surface area contributed by atoms with E-state index >= 15 is 0 Å². The molecule has 1 aromatic carbocycles. The zero-order valence-corrected chi connectivity index (χ0v) is 12.0. The number of rotatable bonds is 3. The summed E-state index contributed by atoms with van der Waals surface area (Å²) in [6, 6.07) is 7.37. The summed E-state index contributed by atoms with van der Waals surface area (Å²) in [5.41, 5.74) is 13.3. The van der Waals surface area contributed by atoms with Crippen LogP contribution in [0.1, 0.15) is 6.42 Å². The second-order valence-corrected chi connectivity index (χ2v) is 5.78. The van der Waals surface area contributed by atoms with Gasteiger partial charge in [-0.05, 0) is 12.1 Å². The van der Waals surface area contributed by atoms with E-state index in [9.17, 15) is 9.59 Å². The van der Waals surface area contributed by atoms with Crippen molar-refractivity contribution in [1.82, 2.24) is 4.98 Å². The predicted molar refractivity (Wildman–Crippen MR) is 81.6 cm³/mol. The Morgan fingerprint density at radius 3 is 2.67 bits per heavy atom. The van der Waals surface area contributed by atoms with E-state index in [1.807, 2.05) is 17.5 Å². The standard InChI is InChI=1S/C14H14N4O2S/c15-10-3-1-8(2-4-10)11-7-21-14(17-11)18-6-9(13(16)20)5-12(18)19/h1-4,7,9H,5-6,15H2,(H2,16,20). The minimum atomic E-state index is -0.443. The van der Waals surface area contributed by atoms with Gasteiger partial charge in [0.25, 0.3) is 0 Å². The second kappa shape index (κ2) is 5.17. The van der Waals surface area contributed by atoms with Crippen molar-refractivity contribution in [1.29, 1.82) is 0 Å². The summed E-state index contributed by atoms with van der Waals surface area (Å²) in [5.74, 6) is -0.987. The number of carbonyl (C=O) groups excluding carboxylic acids is 2. The number of anilines is 2. The zero-order chi connectivity index (χ0) is 15.0. The molecule has 1 fully saturated rings. The second-order valence-electron chi connectivity index (χ2n) is 4.95. The number of primary amides is 1. The first-order chi connectivity index (χ1) is 10.0. The molecule has 0 spiro atoms. The third-order valence-electron chi connectivity index (χ3n) is 3.46. The number of hydrogen-bond acceptors (Lipinski definition) is 5. The van der Waals surface area contributed by atoms with Gasteiger partial charge in [-0.15, -0.1) is 11.3 Å². The van der Waals surface area contributed by atoms with Crippen LogP contribution >= 0.6 is 11.3 Å². The van der Waals surface area contributed by atoms with E-state index in [0.29, 0.717) is 17.4 Å². The lowest BCUT2D eigenvalue weighted by molar-refractivity contribution is -0.123. The van der Waals surface area contributed by atoms with Gasteiger partial charge in [-0.2, -0.15) is 0 Å². The smallest absolute Gasteiger partial charge is 0.229 e. The Bertz CT molecular complexity index is 695. The Kier molecular flexibility index (Phi) is 3.34. The average Bonchev–Trinajstić information content (AvgIpc) is 3.06. The largest absolute Gasteiger partial charge is 0.399 e. The summed E-state index contributed by atoms with van der Waals surface area (Å²) in [6.45, 7) is 0.308. The molecule has 4 N–H and O–H groups in total. The van der Waals surface area contributed by atoms with E-state index in [4.69, 9.17) is 11.5 Å². The highest BCUT2D eigenvalue weighted by molar-refractivity contribution is 7.14. The van der Waals surface area contributed by atoms with Crippen LogP contribution in [0.25, 0.3) is 11.3 Å². The Morgan fingerprint density at radius 2 is 2.05 bits per heavy atom. The predicted octanol–water partition coefficient (Wildman–Crippen LogP) is 1.23. The SMILES string of the molecule is NC(=O)C1CC(=O)N(c2nc(-c3ccc(N)cc3)cs2)C1. The summed E-state index contributed by atoms with van der Waals surface area (Å²) >= 11 is 1.37. The van der Waals surface area contributed by atoms with E-state index in [1.165, 1.54) is 16.2 Å². The van der Waals surface area contributed by atoms with E-state index in [-0.39, 0.29) is 12.3 Å². The van der Waals surface area contributed by atoms with Gasteiger partial charge in [0.05, 0.1) is 11.6 Å². The van der Waals surface area contributed by atoms with Crippen molar-refractivity contribution in [3.8, 4) is 11.3 Å². The Labute approximate surface area is 125 Å². The van der Waals surface area contributed by atoms with Crippen LogP contribution in [0.15, 0.2) is 29.6 Å². The van der Waals surface area contributed by atoms with Crippen LogP contribution in [0.4, 0.5) is 10.8 Å². The van der Waals surface area contributed by atoms with Crippen LogP contribution in [-0.4, -0.2) is 23.3 Å². The van der Waals surface area contributed by atoms with Crippen molar-refractivity contribution in [3.05, 3.63) is 29.6 Å². The number of amides is 2. The van der Waals surface area contributed by atoms with Gasteiger partial charge in [-0.25, -0.2) is 4.98 Å². The van der Waals surface area contributed by atoms with Gasteiger partial charge in [-0.1, -0.05) is 12.1 Å². The number of nitrogens with two attached hydrogens (primary N) is 2. The molecule has 2 heterocycles. The third kappa shape index (κ3) is 2.59. The summed E-state index contributed by atoms with van der Waals surface area (Å²) < 4.78 is 0.